The third kappa shape index (κ3) is 5.88. The molecule has 4 rings (SSSR count). The van der Waals surface area contributed by atoms with Crippen molar-refractivity contribution in [3.63, 3.8) is 0 Å². The molecule has 1 heterocycles. The Morgan fingerprint density at radius 3 is 2.61 bits per heavy atom. The zero-order valence-electron chi connectivity index (χ0n) is 18.8. The quantitative estimate of drug-likeness (QED) is 0.618. The Labute approximate surface area is 199 Å². The number of amides is 2. The monoisotopic (exact) mass is 468 g/mol. The fourth-order valence-corrected chi connectivity index (χ4v) is 4.55. The van der Waals surface area contributed by atoms with Gasteiger partial charge < -0.3 is 19.7 Å². The van der Waals surface area contributed by atoms with Gasteiger partial charge in [-0.1, -0.05) is 42.3 Å². The lowest BCUT2D eigenvalue weighted by atomic mass is 9.89. The topological polar surface area (TPSA) is 67.9 Å². The summed E-state index contributed by atoms with van der Waals surface area (Å²) in [5.74, 6) is 0.642. The van der Waals surface area contributed by atoms with E-state index >= 15 is 0 Å². The Morgan fingerprint density at radius 1 is 1.15 bits per heavy atom. The highest BCUT2D eigenvalue weighted by Gasteiger charge is 2.42. The van der Waals surface area contributed by atoms with E-state index in [1.807, 2.05) is 48.5 Å². The predicted octanol–water partition coefficient (Wildman–Crippen LogP) is 4.22. The molecule has 2 amide bonds. The van der Waals surface area contributed by atoms with Gasteiger partial charge in [0.05, 0.1) is 13.2 Å². The Bertz CT molecular complexity index is 1000. The normalized spacial score (nSPS) is 21.3. The van der Waals surface area contributed by atoms with Crippen molar-refractivity contribution in [2.75, 3.05) is 20.2 Å². The summed E-state index contributed by atoms with van der Waals surface area (Å²) in [5.41, 5.74) is 1.94. The molecule has 0 aromatic heterocycles. The van der Waals surface area contributed by atoms with Gasteiger partial charge in [-0.2, -0.15) is 0 Å². The molecule has 2 aromatic rings. The molecule has 2 aromatic carbocycles. The highest BCUT2D eigenvalue weighted by molar-refractivity contribution is 6.30. The Balaban J connectivity index is 1.42. The third-order valence-corrected chi connectivity index (χ3v) is 6.45. The first-order chi connectivity index (χ1) is 16.0. The Kier molecular flexibility index (Phi) is 7.55. The minimum absolute atomic E-state index is 0.0317. The predicted molar refractivity (Wildman–Crippen MR) is 128 cm³/mol. The molecular weight excluding hydrogens is 440 g/mol. The van der Waals surface area contributed by atoms with Gasteiger partial charge in [-0.05, 0) is 67.2 Å². The SMILES string of the molecule is COc1ccc(/C=C2\OC3CCCCC3N(CC(=O)NCCc3ccc(Cl)cc3)C2=O)cc1. The highest BCUT2D eigenvalue weighted by atomic mass is 35.5. The lowest BCUT2D eigenvalue weighted by Crippen LogP contribution is -2.57. The summed E-state index contributed by atoms with van der Waals surface area (Å²) in [6.45, 7) is 0.533. The van der Waals surface area contributed by atoms with Gasteiger partial charge in [0.15, 0.2) is 5.76 Å². The van der Waals surface area contributed by atoms with E-state index in [0.29, 0.717) is 18.0 Å². The number of nitrogens with one attached hydrogen (secondary N) is 1. The number of hydrogen-bond acceptors (Lipinski definition) is 4. The summed E-state index contributed by atoms with van der Waals surface area (Å²) in [5, 5.41) is 3.64. The van der Waals surface area contributed by atoms with E-state index in [-0.39, 0.29) is 36.3 Å². The highest BCUT2D eigenvalue weighted by Crippen LogP contribution is 2.33. The molecule has 2 fully saturated rings. The fourth-order valence-electron chi connectivity index (χ4n) is 4.42. The molecule has 1 saturated carbocycles. The van der Waals surface area contributed by atoms with Crippen LogP contribution in [0.5, 0.6) is 5.75 Å². The summed E-state index contributed by atoms with van der Waals surface area (Å²) in [6, 6.07) is 14.9. The van der Waals surface area contributed by atoms with Gasteiger partial charge in [0.1, 0.15) is 18.4 Å². The van der Waals surface area contributed by atoms with Crippen LogP contribution in [0.25, 0.3) is 6.08 Å². The summed E-state index contributed by atoms with van der Waals surface area (Å²) in [4.78, 5) is 27.7. The van der Waals surface area contributed by atoms with Crippen molar-refractivity contribution in [3.05, 3.63) is 70.4 Å². The molecule has 7 heteroatoms. The van der Waals surface area contributed by atoms with Gasteiger partial charge in [0.25, 0.3) is 5.91 Å². The number of carbonyl (C=O) groups is 2. The van der Waals surface area contributed by atoms with Crippen molar-refractivity contribution in [2.45, 2.75) is 44.2 Å². The molecule has 0 spiro atoms. The molecule has 0 radical (unpaired) electrons. The summed E-state index contributed by atoms with van der Waals surface area (Å²) >= 11 is 5.92. The second-order valence-electron chi connectivity index (χ2n) is 8.45. The molecule has 2 aliphatic rings. The Morgan fingerprint density at radius 2 is 1.88 bits per heavy atom. The first-order valence-corrected chi connectivity index (χ1v) is 11.8. The van der Waals surface area contributed by atoms with Crippen molar-refractivity contribution >= 4 is 29.5 Å². The summed E-state index contributed by atoms with van der Waals surface area (Å²) in [6.07, 6.45) is 6.20. The van der Waals surface area contributed by atoms with Gasteiger partial charge in [0, 0.05) is 11.6 Å². The molecule has 0 bridgehead atoms. The molecule has 2 atom stereocenters. The van der Waals surface area contributed by atoms with Crippen LogP contribution in [0.15, 0.2) is 54.3 Å². The molecule has 33 heavy (non-hydrogen) atoms. The molecular formula is C26H29ClN2O4. The maximum Gasteiger partial charge on any atom is 0.289 e. The van der Waals surface area contributed by atoms with Crippen molar-refractivity contribution in [1.82, 2.24) is 10.2 Å². The van der Waals surface area contributed by atoms with Crippen LogP contribution in [0, 0.1) is 0 Å². The van der Waals surface area contributed by atoms with Gasteiger partial charge in [-0.25, -0.2) is 0 Å². The summed E-state index contributed by atoms with van der Waals surface area (Å²) in [7, 11) is 1.61. The van der Waals surface area contributed by atoms with Crippen molar-refractivity contribution in [2.24, 2.45) is 0 Å². The van der Waals surface area contributed by atoms with Crippen LogP contribution < -0.4 is 10.1 Å². The molecule has 174 valence electrons. The van der Waals surface area contributed by atoms with E-state index in [1.54, 1.807) is 18.1 Å². The number of hydrogen-bond donors (Lipinski definition) is 1. The lowest BCUT2D eigenvalue weighted by molar-refractivity contribution is -0.151. The number of morpholine rings is 1. The molecule has 1 aliphatic carbocycles. The first kappa shape index (κ1) is 23.2. The maximum absolute atomic E-state index is 13.3. The number of methoxy groups -OCH3 is 1. The van der Waals surface area contributed by atoms with Gasteiger partial charge in [0.2, 0.25) is 5.91 Å². The van der Waals surface area contributed by atoms with Gasteiger partial charge >= 0.3 is 0 Å². The molecule has 1 N–H and O–H groups in total. The number of fused-ring (bicyclic) bond motifs is 1. The van der Waals surface area contributed by atoms with E-state index in [9.17, 15) is 9.59 Å². The number of nitrogens with zero attached hydrogens (tertiary/aromatic N) is 1. The number of rotatable bonds is 7. The first-order valence-electron chi connectivity index (χ1n) is 11.4. The average Bonchev–Trinajstić information content (AvgIpc) is 2.83. The molecule has 1 aliphatic heterocycles. The van der Waals surface area contributed by atoms with Crippen LogP contribution >= 0.6 is 11.6 Å². The number of halogens is 1. The minimum Gasteiger partial charge on any atom is -0.497 e. The zero-order chi connectivity index (χ0) is 23.2. The van der Waals surface area contributed by atoms with Crippen LogP contribution in [-0.4, -0.2) is 49.1 Å². The largest absolute Gasteiger partial charge is 0.497 e. The van der Waals surface area contributed by atoms with Crippen molar-refractivity contribution in [3.8, 4) is 5.75 Å². The number of ether oxygens (including phenoxy) is 2. The second kappa shape index (κ2) is 10.8. The molecule has 1 saturated heterocycles. The molecule has 6 nitrogen and oxygen atoms in total. The standard InChI is InChI=1S/C26H29ClN2O4/c1-32-21-12-8-19(9-13-21)16-24-26(31)29(22-4-2-3-5-23(22)33-24)17-25(30)28-15-14-18-6-10-20(27)11-7-18/h6-13,16,22-23H,2-5,14-15,17H2,1H3,(H,28,30)/b24-16-. The number of benzene rings is 2. The lowest BCUT2D eigenvalue weighted by Gasteiger charge is -2.44. The van der Waals surface area contributed by atoms with Gasteiger partial charge in [-0.15, -0.1) is 0 Å². The van der Waals surface area contributed by atoms with Crippen molar-refractivity contribution in [1.29, 1.82) is 0 Å². The van der Waals surface area contributed by atoms with E-state index < -0.39 is 0 Å². The van der Waals surface area contributed by atoms with Gasteiger partial charge in [-0.3, -0.25) is 9.59 Å². The zero-order valence-corrected chi connectivity index (χ0v) is 19.5. The van der Waals surface area contributed by atoms with Crippen LogP contribution in [0.4, 0.5) is 0 Å². The van der Waals surface area contributed by atoms with Crippen LogP contribution in [0.1, 0.15) is 36.8 Å². The Hall–Kier alpha value is -2.99. The van der Waals surface area contributed by atoms with Crippen molar-refractivity contribution < 1.29 is 19.1 Å². The second-order valence-corrected chi connectivity index (χ2v) is 8.89. The van der Waals surface area contributed by atoms with Crippen LogP contribution in [0.3, 0.4) is 0 Å². The van der Waals surface area contributed by atoms with E-state index in [2.05, 4.69) is 5.32 Å². The van der Waals surface area contributed by atoms with E-state index in [1.165, 1.54) is 0 Å². The average molecular weight is 469 g/mol. The van der Waals surface area contributed by atoms with E-state index in [0.717, 1.165) is 42.6 Å². The summed E-state index contributed by atoms with van der Waals surface area (Å²) < 4.78 is 11.3. The third-order valence-electron chi connectivity index (χ3n) is 6.19. The minimum atomic E-state index is -0.234. The smallest absolute Gasteiger partial charge is 0.289 e. The van der Waals surface area contributed by atoms with Crippen LogP contribution in [-0.2, 0) is 20.7 Å². The molecule has 2 unspecified atom stereocenters. The maximum atomic E-state index is 13.3. The fraction of sp³-hybridized carbons (Fsp3) is 0.385. The van der Waals surface area contributed by atoms with E-state index in [4.69, 9.17) is 21.1 Å². The number of carbonyl (C=O) groups excluding carboxylic acids is 2. The van der Waals surface area contributed by atoms with Crippen LogP contribution in [0.2, 0.25) is 5.02 Å².